The molecule has 0 aliphatic carbocycles. The maximum absolute atomic E-state index is 11.7. The minimum atomic E-state index is 0.118. The number of hydrogen-bond donors (Lipinski definition) is 0. The minimum Gasteiger partial charge on any atom is -0.484 e. The fourth-order valence-corrected chi connectivity index (χ4v) is 2.60. The van der Waals surface area contributed by atoms with E-state index in [1.807, 2.05) is 36.1 Å². The number of amides is 1. The number of nitrogens with zero attached hydrogens (tertiary/aromatic N) is 3. The monoisotopic (exact) mass is 319 g/mol. The van der Waals surface area contributed by atoms with Gasteiger partial charge in [-0.05, 0) is 25.5 Å². The number of carbonyl (C=O) groups is 1. The molecule has 1 saturated heterocycles. The molecule has 0 bridgehead atoms. The second-order valence-electron chi connectivity index (χ2n) is 5.09. The van der Waals surface area contributed by atoms with Crippen molar-refractivity contribution < 1.29 is 13.9 Å². The zero-order valence-corrected chi connectivity index (χ0v) is 13.1. The smallest absolute Gasteiger partial charge is 0.277 e. The summed E-state index contributed by atoms with van der Waals surface area (Å²) < 4.78 is 11.0. The van der Waals surface area contributed by atoms with E-state index in [4.69, 9.17) is 9.15 Å². The Labute approximate surface area is 132 Å². The summed E-state index contributed by atoms with van der Waals surface area (Å²) in [6.07, 6.45) is 1.09. The summed E-state index contributed by atoms with van der Waals surface area (Å²) in [6.45, 7) is 3.96. The van der Waals surface area contributed by atoms with Gasteiger partial charge in [0.25, 0.3) is 11.1 Å². The third-order valence-corrected chi connectivity index (χ3v) is 4.16. The first-order chi connectivity index (χ1) is 10.7. The lowest BCUT2D eigenvalue weighted by molar-refractivity contribution is -0.131. The lowest BCUT2D eigenvalue weighted by Crippen LogP contribution is -2.43. The molecular formula is C15H17N3O3S. The Bertz CT molecular complexity index is 638. The van der Waals surface area contributed by atoms with Gasteiger partial charge in [-0.3, -0.25) is 4.79 Å². The van der Waals surface area contributed by atoms with Crippen molar-refractivity contribution in [1.82, 2.24) is 15.1 Å². The molecule has 1 aromatic heterocycles. The van der Waals surface area contributed by atoms with Gasteiger partial charge in [-0.1, -0.05) is 29.5 Å². The summed E-state index contributed by atoms with van der Waals surface area (Å²) in [5.74, 6) is 1.61. The highest BCUT2D eigenvalue weighted by molar-refractivity contribution is 7.99. The van der Waals surface area contributed by atoms with Crippen LogP contribution in [0.2, 0.25) is 0 Å². The van der Waals surface area contributed by atoms with Gasteiger partial charge in [-0.15, -0.1) is 10.2 Å². The van der Waals surface area contributed by atoms with Crippen molar-refractivity contribution in [3.05, 3.63) is 35.7 Å². The Morgan fingerprint density at radius 1 is 1.32 bits per heavy atom. The van der Waals surface area contributed by atoms with E-state index < -0.39 is 0 Å². The Kier molecular flexibility index (Phi) is 4.62. The van der Waals surface area contributed by atoms with Gasteiger partial charge >= 0.3 is 0 Å². The highest BCUT2D eigenvalue weighted by atomic mass is 32.2. The highest BCUT2D eigenvalue weighted by Gasteiger charge is 2.20. The number of ether oxygens (including phenoxy) is 1. The summed E-state index contributed by atoms with van der Waals surface area (Å²) in [5.41, 5.74) is 1.18. The summed E-state index contributed by atoms with van der Waals surface area (Å²) in [7, 11) is 0. The Morgan fingerprint density at radius 3 is 2.77 bits per heavy atom. The van der Waals surface area contributed by atoms with Gasteiger partial charge in [-0.25, -0.2) is 0 Å². The zero-order chi connectivity index (χ0) is 15.4. The predicted octanol–water partition coefficient (Wildman–Crippen LogP) is 2.28. The van der Waals surface area contributed by atoms with Gasteiger partial charge in [0.15, 0.2) is 6.61 Å². The quantitative estimate of drug-likeness (QED) is 0.761. The Morgan fingerprint density at radius 2 is 2.09 bits per heavy atom. The largest absolute Gasteiger partial charge is 0.484 e. The lowest BCUT2D eigenvalue weighted by atomic mass is 10.2. The van der Waals surface area contributed by atoms with E-state index in [0.29, 0.717) is 16.9 Å². The molecule has 1 fully saturated rings. The van der Waals surface area contributed by atoms with Crippen molar-refractivity contribution in [2.75, 3.05) is 18.8 Å². The van der Waals surface area contributed by atoms with Crippen LogP contribution in [0.25, 0.3) is 0 Å². The molecule has 0 N–H and O–H groups in total. The van der Waals surface area contributed by atoms with Crippen molar-refractivity contribution in [3.8, 4) is 5.75 Å². The Balaban J connectivity index is 1.46. The maximum atomic E-state index is 11.7. The van der Waals surface area contributed by atoms with E-state index in [-0.39, 0.29) is 12.5 Å². The molecular weight excluding hydrogens is 302 g/mol. The summed E-state index contributed by atoms with van der Waals surface area (Å²) in [6, 6.07) is 7.75. The third kappa shape index (κ3) is 3.79. The maximum Gasteiger partial charge on any atom is 0.277 e. The van der Waals surface area contributed by atoms with E-state index in [2.05, 4.69) is 10.2 Å². The van der Waals surface area contributed by atoms with E-state index in [1.54, 1.807) is 0 Å². The molecule has 0 radical (unpaired) electrons. The average Bonchev–Trinajstić information content (AvgIpc) is 2.91. The van der Waals surface area contributed by atoms with Gasteiger partial charge in [0, 0.05) is 13.1 Å². The van der Waals surface area contributed by atoms with Crippen molar-refractivity contribution in [2.24, 2.45) is 0 Å². The molecule has 7 heteroatoms. The molecule has 0 atom stereocenters. The molecule has 1 aliphatic heterocycles. The molecule has 3 rings (SSSR count). The highest BCUT2D eigenvalue weighted by Crippen LogP contribution is 2.19. The van der Waals surface area contributed by atoms with E-state index in [9.17, 15) is 4.79 Å². The molecule has 0 unspecified atom stereocenters. The number of likely N-dealkylation sites (tertiary alicyclic amines) is 1. The molecule has 1 amide bonds. The molecule has 2 aromatic rings. The van der Waals surface area contributed by atoms with Crippen LogP contribution in [0.15, 0.2) is 33.9 Å². The van der Waals surface area contributed by atoms with Crippen LogP contribution >= 0.6 is 11.8 Å². The van der Waals surface area contributed by atoms with E-state index in [1.165, 1.54) is 17.3 Å². The number of carbonyl (C=O) groups excluding carboxylic acids is 1. The average molecular weight is 319 g/mol. The first-order valence-corrected chi connectivity index (χ1v) is 8.12. The van der Waals surface area contributed by atoms with Crippen LogP contribution in [0, 0.1) is 6.92 Å². The molecule has 0 saturated carbocycles. The molecule has 1 aliphatic rings. The topological polar surface area (TPSA) is 68.5 Å². The van der Waals surface area contributed by atoms with Gasteiger partial charge in [0.2, 0.25) is 5.91 Å². The number of aryl methyl sites for hydroxylation is 1. The van der Waals surface area contributed by atoms with Crippen LogP contribution in [0.3, 0.4) is 0 Å². The number of benzene rings is 1. The second-order valence-corrected chi connectivity index (χ2v) is 6.01. The lowest BCUT2D eigenvalue weighted by Gasteiger charge is -2.30. The molecule has 0 spiro atoms. The zero-order valence-electron chi connectivity index (χ0n) is 12.3. The van der Waals surface area contributed by atoms with E-state index in [0.717, 1.165) is 25.3 Å². The van der Waals surface area contributed by atoms with E-state index >= 15 is 0 Å². The normalized spacial score (nSPS) is 13.8. The van der Waals surface area contributed by atoms with Crippen molar-refractivity contribution in [1.29, 1.82) is 0 Å². The van der Waals surface area contributed by atoms with Crippen LogP contribution < -0.4 is 4.74 Å². The first-order valence-electron chi connectivity index (χ1n) is 7.13. The van der Waals surface area contributed by atoms with Gasteiger partial charge in [-0.2, -0.15) is 0 Å². The van der Waals surface area contributed by atoms with Crippen LogP contribution in [-0.2, 0) is 11.4 Å². The number of thioether (sulfide) groups is 1. The van der Waals surface area contributed by atoms with Crippen LogP contribution in [0.1, 0.15) is 17.9 Å². The van der Waals surface area contributed by atoms with Crippen molar-refractivity contribution >= 4 is 17.7 Å². The fourth-order valence-electron chi connectivity index (χ4n) is 1.91. The number of hydrogen-bond acceptors (Lipinski definition) is 6. The molecule has 22 heavy (non-hydrogen) atoms. The standard InChI is InChI=1S/C15H17N3O3S/c1-11-3-5-12(6-4-11)20-9-13-16-17-15(21-13)22-10-14(19)18-7-2-8-18/h3-6H,2,7-10H2,1H3. The van der Waals surface area contributed by atoms with Crippen LogP contribution in [0.5, 0.6) is 5.75 Å². The van der Waals surface area contributed by atoms with Gasteiger partial charge in [0.1, 0.15) is 5.75 Å². The SMILES string of the molecule is Cc1ccc(OCc2nnc(SCC(=O)N3CCC3)o2)cc1. The minimum absolute atomic E-state index is 0.118. The van der Waals surface area contributed by atoms with Crippen LogP contribution in [-0.4, -0.2) is 39.8 Å². The summed E-state index contributed by atoms with van der Waals surface area (Å²) in [5, 5.41) is 8.23. The van der Waals surface area contributed by atoms with Crippen LogP contribution in [0.4, 0.5) is 0 Å². The molecule has 116 valence electrons. The van der Waals surface area contributed by atoms with Gasteiger partial charge < -0.3 is 14.1 Å². The number of rotatable bonds is 6. The molecule has 6 nitrogen and oxygen atoms in total. The first kappa shape index (κ1) is 14.9. The van der Waals surface area contributed by atoms with Crippen molar-refractivity contribution in [2.45, 2.75) is 25.2 Å². The molecule has 2 heterocycles. The Hall–Kier alpha value is -2.02. The third-order valence-electron chi connectivity index (χ3n) is 3.36. The molecule has 1 aromatic carbocycles. The second kappa shape index (κ2) is 6.83. The number of aromatic nitrogens is 2. The summed E-state index contributed by atoms with van der Waals surface area (Å²) in [4.78, 5) is 13.6. The summed E-state index contributed by atoms with van der Waals surface area (Å²) >= 11 is 1.26. The predicted molar refractivity (Wildman–Crippen MR) is 81.7 cm³/mol. The van der Waals surface area contributed by atoms with Crippen molar-refractivity contribution in [3.63, 3.8) is 0 Å². The fraction of sp³-hybridized carbons (Fsp3) is 0.400. The van der Waals surface area contributed by atoms with Gasteiger partial charge in [0.05, 0.1) is 5.75 Å².